The highest BCUT2D eigenvalue weighted by molar-refractivity contribution is 5.35. The van der Waals surface area contributed by atoms with Crippen LogP contribution < -0.4 is 10.1 Å². The van der Waals surface area contributed by atoms with E-state index in [1.54, 1.807) is 0 Å². The number of hydrogen-bond donors (Lipinski definition) is 1. The smallest absolute Gasteiger partial charge is 0.168 e. The molecule has 1 aromatic carbocycles. The van der Waals surface area contributed by atoms with E-state index >= 15 is 0 Å². The zero-order valence-corrected chi connectivity index (χ0v) is 11.4. The van der Waals surface area contributed by atoms with Gasteiger partial charge in [-0.3, -0.25) is 0 Å². The molecule has 2 rings (SSSR count). The zero-order chi connectivity index (χ0) is 13.5. The molecule has 19 heavy (non-hydrogen) atoms. The highest BCUT2D eigenvalue weighted by atomic mass is 16.5. The second-order valence-electron chi connectivity index (χ2n) is 4.34. The summed E-state index contributed by atoms with van der Waals surface area (Å²) in [6.45, 7) is 5.38. The lowest BCUT2D eigenvalue weighted by Crippen LogP contribution is -2.08. The van der Waals surface area contributed by atoms with Gasteiger partial charge < -0.3 is 10.1 Å². The quantitative estimate of drug-likeness (QED) is 0.863. The number of nitrogens with zero attached hydrogens (tertiary/aromatic N) is 2. The fourth-order valence-corrected chi connectivity index (χ4v) is 1.70. The van der Waals surface area contributed by atoms with E-state index in [1.165, 1.54) is 0 Å². The average molecular weight is 257 g/mol. The van der Waals surface area contributed by atoms with Crippen molar-refractivity contribution in [3.63, 3.8) is 0 Å². The van der Waals surface area contributed by atoms with Crippen molar-refractivity contribution in [2.45, 2.75) is 26.9 Å². The van der Waals surface area contributed by atoms with Crippen molar-refractivity contribution in [1.29, 1.82) is 0 Å². The maximum absolute atomic E-state index is 5.65. The Bertz CT molecular complexity index is 514. The number of aromatic nitrogens is 2. The lowest BCUT2D eigenvalue weighted by molar-refractivity contribution is 0.295. The number of hydrogen-bond acceptors (Lipinski definition) is 4. The van der Waals surface area contributed by atoms with Crippen LogP contribution in [0.15, 0.2) is 36.4 Å². The van der Waals surface area contributed by atoms with Gasteiger partial charge in [0.2, 0.25) is 0 Å². The van der Waals surface area contributed by atoms with Gasteiger partial charge in [-0.05, 0) is 25.5 Å². The molecule has 1 N–H and O–H groups in total. The first-order valence-corrected chi connectivity index (χ1v) is 6.54. The first-order chi connectivity index (χ1) is 9.28. The first kappa shape index (κ1) is 13.3. The molecule has 0 aliphatic heterocycles. The molecule has 4 heteroatoms. The summed E-state index contributed by atoms with van der Waals surface area (Å²) < 4.78 is 5.65. The van der Waals surface area contributed by atoms with Crippen LogP contribution in [0.25, 0.3) is 0 Å². The van der Waals surface area contributed by atoms with E-state index in [0.717, 1.165) is 30.2 Å². The molecular formula is C15H19N3O. The van der Waals surface area contributed by atoms with Gasteiger partial charge in [0.1, 0.15) is 18.2 Å². The van der Waals surface area contributed by atoms with Crippen LogP contribution in [0.4, 0.5) is 5.82 Å². The number of nitrogens with one attached hydrogen (secondary N) is 1. The van der Waals surface area contributed by atoms with Gasteiger partial charge in [0.05, 0.1) is 0 Å². The molecule has 0 aliphatic rings. The van der Waals surface area contributed by atoms with Gasteiger partial charge >= 0.3 is 0 Å². The van der Waals surface area contributed by atoms with Crippen LogP contribution in [0.1, 0.15) is 24.9 Å². The largest absolute Gasteiger partial charge is 0.486 e. The van der Waals surface area contributed by atoms with Gasteiger partial charge in [-0.25, -0.2) is 9.97 Å². The number of aryl methyl sites for hydroxylation is 1. The summed E-state index contributed by atoms with van der Waals surface area (Å²) in [6.07, 6.45) is 1.07. The Morgan fingerprint density at radius 2 is 1.95 bits per heavy atom. The fraction of sp³-hybridized carbons (Fsp3) is 0.333. The normalized spacial score (nSPS) is 10.2. The Balaban J connectivity index is 2.01. The molecule has 0 aliphatic carbocycles. The standard InChI is InChI=1S/C15H19N3O/c1-3-9-16-14-10-12(2)17-15(18-14)11-19-13-7-5-4-6-8-13/h4-8,10H,3,9,11H2,1-2H3,(H,16,17,18). The van der Waals surface area contributed by atoms with Gasteiger partial charge in [-0.15, -0.1) is 0 Å². The maximum Gasteiger partial charge on any atom is 0.168 e. The third kappa shape index (κ3) is 4.25. The summed E-state index contributed by atoms with van der Waals surface area (Å²) >= 11 is 0. The van der Waals surface area contributed by atoms with E-state index < -0.39 is 0 Å². The summed E-state index contributed by atoms with van der Waals surface area (Å²) in [6, 6.07) is 11.6. The Labute approximate surface area is 113 Å². The summed E-state index contributed by atoms with van der Waals surface area (Å²) in [5.41, 5.74) is 0.945. The van der Waals surface area contributed by atoms with Crippen molar-refractivity contribution < 1.29 is 4.74 Å². The fourth-order valence-electron chi connectivity index (χ4n) is 1.70. The molecule has 4 nitrogen and oxygen atoms in total. The topological polar surface area (TPSA) is 47.0 Å². The highest BCUT2D eigenvalue weighted by Gasteiger charge is 2.03. The van der Waals surface area contributed by atoms with Gasteiger partial charge in [0.15, 0.2) is 5.82 Å². The first-order valence-electron chi connectivity index (χ1n) is 6.54. The lowest BCUT2D eigenvalue weighted by atomic mass is 10.3. The van der Waals surface area contributed by atoms with E-state index in [2.05, 4.69) is 22.2 Å². The van der Waals surface area contributed by atoms with Crippen molar-refractivity contribution in [2.75, 3.05) is 11.9 Å². The predicted molar refractivity (Wildman–Crippen MR) is 76.3 cm³/mol. The molecule has 0 radical (unpaired) electrons. The highest BCUT2D eigenvalue weighted by Crippen LogP contribution is 2.12. The van der Waals surface area contributed by atoms with Crippen LogP contribution in [-0.2, 0) is 6.61 Å². The van der Waals surface area contributed by atoms with Crippen molar-refractivity contribution in [1.82, 2.24) is 9.97 Å². The number of anilines is 1. The van der Waals surface area contributed by atoms with Crippen molar-refractivity contribution in [2.24, 2.45) is 0 Å². The molecule has 100 valence electrons. The number of ether oxygens (including phenoxy) is 1. The molecule has 0 saturated carbocycles. The molecule has 0 amide bonds. The molecule has 0 unspecified atom stereocenters. The van der Waals surface area contributed by atoms with Crippen LogP contribution in [0, 0.1) is 6.92 Å². The third-order valence-corrected chi connectivity index (χ3v) is 2.57. The van der Waals surface area contributed by atoms with Crippen molar-refractivity contribution in [3.8, 4) is 5.75 Å². The van der Waals surface area contributed by atoms with Gasteiger partial charge in [-0.2, -0.15) is 0 Å². The summed E-state index contributed by atoms with van der Waals surface area (Å²) in [5.74, 6) is 2.39. The lowest BCUT2D eigenvalue weighted by Gasteiger charge is -2.09. The van der Waals surface area contributed by atoms with Crippen molar-refractivity contribution in [3.05, 3.63) is 47.9 Å². The van der Waals surface area contributed by atoms with E-state index in [0.29, 0.717) is 12.4 Å². The average Bonchev–Trinajstić information content (AvgIpc) is 2.43. The van der Waals surface area contributed by atoms with Crippen molar-refractivity contribution >= 4 is 5.82 Å². The second-order valence-corrected chi connectivity index (χ2v) is 4.34. The van der Waals surface area contributed by atoms with Crippen LogP contribution in [0.3, 0.4) is 0 Å². The Hall–Kier alpha value is -2.10. The van der Waals surface area contributed by atoms with E-state index in [-0.39, 0.29) is 0 Å². The number of para-hydroxylation sites is 1. The summed E-state index contributed by atoms with van der Waals surface area (Å²) in [7, 11) is 0. The van der Waals surface area contributed by atoms with Crippen LogP contribution in [-0.4, -0.2) is 16.5 Å². The minimum absolute atomic E-state index is 0.381. The SMILES string of the molecule is CCCNc1cc(C)nc(COc2ccccc2)n1. The van der Waals surface area contributed by atoms with E-state index in [9.17, 15) is 0 Å². The van der Waals surface area contributed by atoms with Gasteiger partial charge in [0, 0.05) is 18.3 Å². The summed E-state index contributed by atoms with van der Waals surface area (Å²) in [5, 5.41) is 3.27. The Morgan fingerprint density at radius 3 is 2.68 bits per heavy atom. The summed E-state index contributed by atoms with van der Waals surface area (Å²) in [4.78, 5) is 8.82. The monoisotopic (exact) mass is 257 g/mol. The predicted octanol–water partition coefficient (Wildman–Crippen LogP) is 3.19. The minimum atomic E-state index is 0.381. The maximum atomic E-state index is 5.65. The minimum Gasteiger partial charge on any atom is -0.486 e. The number of rotatable bonds is 6. The molecule has 2 aromatic rings. The van der Waals surface area contributed by atoms with Crippen LogP contribution in [0.5, 0.6) is 5.75 Å². The van der Waals surface area contributed by atoms with E-state index in [4.69, 9.17) is 4.74 Å². The third-order valence-electron chi connectivity index (χ3n) is 2.57. The van der Waals surface area contributed by atoms with Crippen LogP contribution >= 0.6 is 0 Å². The van der Waals surface area contributed by atoms with Gasteiger partial charge in [0.25, 0.3) is 0 Å². The van der Waals surface area contributed by atoms with Crippen LogP contribution in [0.2, 0.25) is 0 Å². The molecule has 0 spiro atoms. The molecule has 0 atom stereocenters. The van der Waals surface area contributed by atoms with Gasteiger partial charge in [-0.1, -0.05) is 25.1 Å². The molecular weight excluding hydrogens is 238 g/mol. The molecule has 1 aromatic heterocycles. The molecule has 0 saturated heterocycles. The molecule has 0 fully saturated rings. The zero-order valence-electron chi connectivity index (χ0n) is 11.4. The molecule has 0 bridgehead atoms. The Morgan fingerprint density at radius 1 is 1.16 bits per heavy atom. The second kappa shape index (κ2) is 6.73. The van der Waals surface area contributed by atoms with E-state index in [1.807, 2.05) is 43.3 Å². The Kier molecular flexibility index (Phi) is 4.72. The molecule has 1 heterocycles. The number of benzene rings is 1.